The van der Waals surface area contributed by atoms with E-state index in [9.17, 15) is 14.4 Å². The monoisotopic (exact) mass is 933 g/mol. The van der Waals surface area contributed by atoms with Gasteiger partial charge >= 0.3 is 17.9 Å². The van der Waals surface area contributed by atoms with E-state index in [0.29, 0.717) is 19.3 Å². The third-order valence-corrected chi connectivity index (χ3v) is 11.8. The van der Waals surface area contributed by atoms with Crippen LogP contribution in [0.25, 0.3) is 0 Å². The molecule has 0 rings (SSSR count). The second-order valence-electron chi connectivity index (χ2n) is 18.5. The molecule has 0 aliphatic heterocycles. The first kappa shape index (κ1) is 63.6. The minimum absolute atomic E-state index is 0.0906. The fraction of sp³-hybridized carbons (Fsp3) is 0.721. The number of unbranched alkanes of at least 4 members (excludes halogenated alkanes) is 25. The van der Waals surface area contributed by atoms with Crippen LogP contribution in [-0.2, 0) is 28.6 Å². The van der Waals surface area contributed by atoms with E-state index in [0.717, 1.165) is 135 Å². The van der Waals surface area contributed by atoms with Crippen LogP contribution in [0.3, 0.4) is 0 Å². The van der Waals surface area contributed by atoms with Crippen molar-refractivity contribution in [2.45, 2.75) is 271 Å². The van der Waals surface area contributed by atoms with Crippen LogP contribution < -0.4 is 0 Å². The van der Waals surface area contributed by atoms with Crippen molar-refractivity contribution >= 4 is 17.9 Å². The van der Waals surface area contributed by atoms with Crippen LogP contribution >= 0.6 is 0 Å². The third-order valence-electron chi connectivity index (χ3n) is 11.8. The van der Waals surface area contributed by atoms with Crippen LogP contribution in [0, 0.1) is 0 Å². The van der Waals surface area contributed by atoms with Crippen molar-refractivity contribution in [3.8, 4) is 0 Å². The zero-order valence-electron chi connectivity index (χ0n) is 43.9. The molecule has 0 aromatic heterocycles. The average Bonchev–Trinajstić information content (AvgIpc) is 3.33. The number of carbonyl (C=O) groups is 3. The van der Waals surface area contributed by atoms with E-state index < -0.39 is 6.10 Å². The Balaban J connectivity index is 4.38. The molecular formula is C61H104O6. The van der Waals surface area contributed by atoms with Crippen molar-refractivity contribution in [1.82, 2.24) is 0 Å². The van der Waals surface area contributed by atoms with Gasteiger partial charge in [-0.05, 0) is 109 Å². The van der Waals surface area contributed by atoms with Crippen molar-refractivity contribution in [3.05, 3.63) is 85.1 Å². The Hall–Kier alpha value is -3.41. The van der Waals surface area contributed by atoms with Gasteiger partial charge in [-0.15, -0.1) is 0 Å². The SMILES string of the molecule is CC/C=C\C/C=C\C/C=C\CCCCCCCC(=O)OC(COC(=O)CCCCCCC/C=C\C/C=C\CCC)COC(=O)CCCCCCCCCCC/C=C\C/C=C\CCCCCCC. The highest BCUT2D eigenvalue weighted by Crippen LogP contribution is 2.15. The van der Waals surface area contributed by atoms with Crippen molar-refractivity contribution < 1.29 is 28.6 Å². The Morgan fingerprint density at radius 1 is 0.313 bits per heavy atom. The van der Waals surface area contributed by atoms with Gasteiger partial charge in [0.05, 0.1) is 0 Å². The van der Waals surface area contributed by atoms with Crippen LogP contribution in [0.5, 0.6) is 0 Å². The number of allylic oxidation sites excluding steroid dienone is 14. The van der Waals surface area contributed by atoms with Gasteiger partial charge in [0.25, 0.3) is 0 Å². The summed E-state index contributed by atoms with van der Waals surface area (Å²) < 4.78 is 16.8. The summed E-state index contributed by atoms with van der Waals surface area (Å²) in [4.78, 5) is 38.1. The first-order valence-corrected chi connectivity index (χ1v) is 28.1. The van der Waals surface area contributed by atoms with E-state index in [1.807, 2.05) is 0 Å². The van der Waals surface area contributed by atoms with Gasteiger partial charge in [-0.1, -0.05) is 221 Å². The summed E-state index contributed by atoms with van der Waals surface area (Å²) in [7, 11) is 0. The molecule has 0 saturated heterocycles. The van der Waals surface area contributed by atoms with Gasteiger partial charge in [0.2, 0.25) is 0 Å². The number of hydrogen-bond acceptors (Lipinski definition) is 6. The van der Waals surface area contributed by atoms with Gasteiger partial charge in [-0.3, -0.25) is 14.4 Å². The van der Waals surface area contributed by atoms with E-state index in [2.05, 4.69) is 106 Å². The molecule has 6 heteroatoms. The predicted octanol–water partition coefficient (Wildman–Crippen LogP) is 18.8. The van der Waals surface area contributed by atoms with Gasteiger partial charge in [-0.2, -0.15) is 0 Å². The lowest BCUT2D eigenvalue weighted by Crippen LogP contribution is -2.30. The lowest BCUT2D eigenvalue weighted by atomic mass is 10.1. The first-order chi connectivity index (χ1) is 33.0. The average molecular weight is 933 g/mol. The molecule has 0 aliphatic carbocycles. The minimum atomic E-state index is -0.794. The summed E-state index contributed by atoms with van der Waals surface area (Å²) in [5, 5.41) is 0. The van der Waals surface area contributed by atoms with Crippen molar-refractivity contribution in [2.75, 3.05) is 13.2 Å². The summed E-state index contributed by atoms with van der Waals surface area (Å²) in [6.45, 7) is 6.43. The minimum Gasteiger partial charge on any atom is -0.462 e. The smallest absolute Gasteiger partial charge is 0.306 e. The summed E-state index contributed by atoms with van der Waals surface area (Å²) >= 11 is 0. The molecule has 6 nitrogen and oxygen atoms in total. The van der Waals surface area contributed by atoms with Gasteiger partial charge < -0.3 is 14.2 Å². The van der Waals surface area contributed by atoms with E-state index in [1.54, 1.807) is 0 Å². The fourth-order valence-corrected chi connectivity index (χ4v) is 7.64. The zero-order valence-corrected chi connectivity index (χ0v) is 43.9. The molecule has 0 radical (unpaired) electrons. The molecular weight excluding hydrogens is 829 g/mol. The summed E-state index contributed by atoms with van der Waals surface area (Å²) in [6.07, 6.45) is 71.4. The van der Waals surface area contributed by atoms with E-state index in [1.165, 1.54) is 89.9 Å². The highest BCUT2D eigenvalue weighted by molar-refractivity contribution is 5.71. The molecule has 0 saturated carbocycles. The number of esters is 3. The molecule has 384 valence electrons. The third kappa shape index (κ3) is 53.4. The fourth-order valence-electron chi connectivity index (χ4n) is 7.64. The lowest BCUT2D eigenvalue weighted by molar-refractivity contribution is -0.167. The Morgan fingerprint density at radius 2 is 0.612 bits per heavy atom. The molecule has 0 aromatic rings. The zero-order chi connectivity index (χ0) is 48.6. The molecule has 0 N–H and O–H groups in total. The molecule has 0 heterocycles. The predicted molar refractivity (Wildman–Crippen MR) is 288 cm³/mol. The number of carbonyl (C=O) groups excluding carboxylic acids is 3. The Labute approximate surface area is 414 Å². The largest absolute Gasteiger partial charge is 0.462 e. The number of hydrogen-bond donors (Lipinski definition) is 0. The van der Waals surface area contributed by atoms with Gasteiger partial charge in [0, 0.05) is 19.3 Å². The Bertz CT molecular complexity index is 1300. The first-order valence-electron chi connectivity index (χ1n) is 28.1. The Morgan fingerprint density at radius 3 is 0.970 bits per heavy atom. The van der Waals surface area contributed by atoms with Crippen LogP contribution in [0.2, 0.25) is 0 Å². The molecule has 0 fully saturated rings. The van der Waals surface area contributed by atoms with Crippen LogP contribution in [0.1, 0.15) is 265 Å². The highest BCUT2D eigenvalue weighted by atomic mass is 16.6. The number of rotatable bonds is 50. The summed E-state index contributed by atoms with van der Waals surface area (Å²) in [6, 6.07) is 0. The lowest BCUT2D eigenvalue weighted by Gasteiger charge is -2.18. The maximum atomic E-state index is 12.8. The van der Waals surface area contributed by atoms with Crippen molar-refractivity contribution in [2.24, 2.45) is 0 Å². The maximum absolute atomic E-state index is 12.8. The van der Waals surface area contributed by atoms with Crippen molar-refractivity contribution in [1.29, 1.82) is 0 Å². The molecule has 1 atom stereocenters. The normalized spacial score (nSPS) is 12.7. The van der Waals surface area contributed by atoms with Crippen LogP contribution in [-0.4, -0.2) is 37.2 Å². The van der Waals surface area contributed by atoms with Gasteiger partial charge in [-0.25, -0.2) is 0 Å². The van der Waals surface area contributed by atoms with E-state index >= 15 is 0 Å². The van der Waals surface area contributed by atoms with Gasteiger partial charge in [0.15, 0.2) is 6.10 Å². The van der Waals surface area contributed by atoms with E-state index in [4.69, 9.17) is 14.2 Å². The summed E-state index contributed by atoms with van der Waals surface area (Å²) in [5.74, 6) is -0.923. The summed E-state index contributed by atoms with van der Waals surface area (Å²) in [5.41, 5.74) is 0. The Kier molecular flexibility index (Phi) is 52.4. The standard InChI is InChI=1S/C61H104O6/c1-4-7-10-13-16-19-22-25-27-28-29-30-31-32-34-36-39-42-45-48-51-54-60(63)66-57-58(56-65-59(62)53-50-47-44-41-38-35-24-21-18-15-12-9-6-3)67-61(64)55-52-49-46-43-40-37-33-26-23-20-17-14-11-8-5-2/h8,11-12,15,17,20-22,24-26,28-29,33,58H,4-7,9-10,13-14,16,18-19,23,27,30-32,34-57H2,1-3H3/b11-8-,15-12-,20-17-,24-21-,25-22-,29-28-,33-26-. The number of ether oxygens (including phenoxy) is 3. The van der Waals surface area contributed by atoms with Gasteiger partial charge in [0.1, 0.15) is 13.2 Å². The maximum Gasteiger partial charge on any atom is 0.306 e. The van der Waals surface area contributed by atoms with Crippen LogP contribution in [0.4, 0.5) is 0 Å². The van der Waals surface area contributed by atoms with Crippen molar-refractivity contribution in [3.63, 3.8) is 0 Å². The molecule has 0 bridgehead atoms. The second kappa shape index (κ2) is 55.2. The molecule has 0 amide bonds. The molecule has 67 heavy (non-hydrogen) atoms. The molecule has 0 spiro atoms. The van der Waals surface area contributed by atoms with E-state index in [-0.39, 0.29) is 31.1 Å². The highest BCUT2D eigenvalue weighted by Gasteiger charge is 2.19. The second-order valence-corrected chi connectivity index (χ2v) is 18.5. The molecule has 0 aliphatic rings. The quantitative estimate of drug-likeness (QED) is 0.0262. The van der Waals surface area contributed by atoms with Crippen LogP contribution in [0.15, 0.2) is 85.1 Å². The topological polar surface area (TPSA) is 78.9 Å². The molecule has 1 unspecified atom stereocenters. The molecule has 0 aromatic carbocycles.